The number of likely N-dealkylation sites (N-methyl/N-ethyl adjacent to an activating group) is 1. The Morgan fingerprint density at radius 2 is 1.83 bits per heavy atom. The van der Waals surface area contributed by atoms with Crippen LogP contribution < -0.4 is 0 Å². The Balaban J connectivity index is 2.14. The van der Waals surface area contributed by atoms with Gasteiger partial charge in [0, 0.05) is 17.6 Å². The van der Waals surface area contributed by atoms with Crippen molar-refractivity contribution in [1.82, 2.24) is 9.80 Å². The summed E-state index contributed by atoms with van der Waals surface area (Å²) in [6.07, 6.45) is 3.75. The number of hydrogen-bond donors (Lipinski definition) is 1. The molecule has 1 aromatic rings. The first kappa shape index (κ1) is 17.3. The average Bonchev–Trinajstić information content (AvgIpc) is 2.53. The van der Waals surface area contributed by atoms with Gasteiger partial charge in [0.1, 0.15) is 0 Å². The maximum atomic E-state index is 12.3. The van der Waals surface area contributed by atoms with Gasteiger partial charge in [0.15, 0.2) is 0 Å². The quantitative estimate of drug-likeness (QED) is 0.894. The first-order valence-electron chi connectivity index (χ1n) is 9.04. The Kier molecular flexibility index (Phi) is 4.37. The largest absolute Gasteiger partial charge is 0.465 e. The number of piperidine rings is 2. The molecule has 0 spiro atoms. The van der Waals surface area contributed by atoms with Gasteiger partial charge in [0.2, 0.25) is 0 Å². The number of carboxylic acid groups (broad SMARTS) is 1. The van der Waals surface area contributed by atoms with E-state index in [1.165, 1.54) is 12.8 Å². The molecule has 1 aromatic carbocycles. The Morgan fingerprint density at radius 3 is 2.29 bits per heavy atom. The summed E-state index contributed by atoms with van der Waals surface area (Å²) >= 11 is 0. The van der Waals surface area contributed by atoms with Crippen molar-refractivity contribution >= 4 is 6.09 Å². The summed E-state index contributed by atoms with van der Waals surface area (Å²) in [5.41, 5.74) is 0.569. The third-order valence-electron chi connectivity index (χ3n) is 6.07. The molecule has 0 radical (unpaired) electrons. The van der Waals surface area contributed by atoms with E-state index in [0.717, 1.165) is 30.9 Å². The van der Waals surface area contributed by atoms with Crippen LogP contribution in [-0.2, 0) is 0 Å². The van der Waals surface area contributed by atoms with E-state index >= 15 is 0 Å². The molecule has 2 aliphatic heterocycles. The Morgan fingerprint density at radius 1 is 1.25 bits per heavy atom. The number of carbonyl (C=O) groups is 1. The van der Waals surface area contributed by atoms with Crippen LogP contribution in [0.1, 0.15) is 58.1 Å². The van der Waals surface area contributed by atoms with Crippen molar-refractivity contribution < 1.29 is 9.90 Å². The molecule has 3 fully saturated rings. The molecule has 4 nitrogen and oxygen atoms in total. The zero-order chi connectivity index (χ0) is 17.5. The van der Waals surface area contributed by atoms with Crippen molar-refractivity contribution in [2.24, 2.45) is 5.92 Å². The van der Waals surface area contributed by atoms with Gasteiger partial charge in [-0.05, 0) is 65.0 Å². The molecule has 1 aliphatic carbocycles. The lowest BCUT2D eigenvalue weighted by Gasteiger charge is -2.60. The van der Waals surface area contributed by atoms with Crippen LogP contribution in [0.4, 0.5) is 4.79 Å². The number of benzene rings is 1. The van der Waals surface area contributed by atoms with E-state index in [1.807, 2.05) is 39.0 Å². The second-order valence-electron chi connectivity index (χ2n) is 8.56. The molecule has 2 bridgehead atoms. The SMILES string of the molecule is CN1CC2CCC1(C(c1ccccc1)N(C(=O)O)C(C)(C)C)CC2. The molecule has 1 amide bonds. The predicted molar refractivity (Wildman–Crippen MR) is 96.1 cm³/mol. The van der Waals surface area contributed by atoms with Gasteiger partial charge in [0.25, 0.3) is 0 Å². The van der Waals surface area contributed by atoms with Crippen molar-refractivity contribution in [2.75, 3.05) is 13.6 Å². The summed E-state index contributed by atoms with van der Waals surface area (Å²) in [6, 6.07) is 10.1. The highest BCUT2D eigenvalue weighted by Gasteiger charge is 2.54. The smallest absolute Gasteiger partial charge is 0.408 e. The van der Waals surface area contributed by atoms with Crippen LogP contribution in [0, 0.1) is 5.92 Å². The molecule has 4 rings (SSSR count). The van der Waals surface area contributed by atoms with E-state index in [2.05, 4.69) is 24.1 Å². The van der Waals surface area contributed by atoms with E-state index in [9.17, 15) is 9.90 Å². The molecule has 24 heavy (non-hydrogen) atoms. The van der Waals surface area contributed by atoms with Crippen LogP contribution in [0.25, 0.3) is 0 Å². The Bertz CT molecular complexity index is 585. The minimum absolute atomic E-state index is 0.0955. The maximum Gasteiger partial charge on any atom is 0.408 e. The summed E-state index contributed by atoms with van der Waals surface area (Å²) in [6.45, 7) is 7.09. The lowest BCUT2D eigenvalue weighted by molar-refractivity contribution is -0.0867. The first-order valence-corrected chi connectivity index (χ1v) is 9.04. The molecule has 2 heterocycles. The highest BCUT2D eigenvalue weighted by atomic mass is 16.4. The molecule has 2 saturated heterocycles. The summed E-state index contributed by atoms with van der Waals surface area (Å²) in [7, 11) is 2.18. The number of fused-ring (bicyclic) bond motifs is 3. The topological polar surface area (TPSA) is 43.8 Å². The van der Waals surface area contributed by atoms with Crippen LogP contribution in [0.15, 0.2) is 30.3 Å². The van der Waals surface area contributed by atoms with Gasteiger partial charge < -0.3 is 5.11 Å². The van der Waals surface area contributed by atoms with Gasteiger partial charge in [-0.1, -0.05) is 30.3 Å². The zero-order valence-corrected chi connectivity index (χ0v) is 15.3. The summed E-state index contributed by atoms with van der Waals surface area (Å²) in [5.74, 6) is 0.779. The van der Waals surface area contributed by atoms with Crippen LogP contribution in [0.2, 0.25) is 0 Å². The zero-order valence-electron chi connectivity index (χ0n) is 15.3. The van der Waals surface area contributed by atoms with Gasteiger partial charge in [0.05, 0.1) is 6.04 Å². The highest BCUT2D eigenvalue weighted by molar-refractivity contribution is 5.67. The number of hydrogen-bond acceptors (Lipinski definition) is 2. The molecule has 4 heteroatoms. The van der Waals surface area contributed by atoms with Crippen molar-refractivity contribution in [2.45, 2.75) is 63.6 Å². The molecular formula is C20H30N2O2. The number of rotatable bonds is 3. The lowest BCUT2D eigenvalue weighted by Crippen LogP contribution is -2.65. The van der Waals surface area contributed by atoms with Crippen molar-refractivity contribution in [3.63, 3.8) is 0 Å². The monoisotopic (exact) mass is 330 g/mol. The van der Waals surface area contributed by atoms with Gasteiger partial charge in [-0.25, -0.2) is 4.79 Å². The van der Waals surface area contributed by atoms with E-state index in [4.69, 9.17) is 0 Å². The van der Waals surface area contributed by atoms with Crippen molar-refractivity contribution in [3.05, 3.63) is 35.9 Å². The van der Waals surface area contributed by atoms with Gasteiger partial charge in [-0.3, -0.25) is 9.80 Å². The summed E-state index contributed by atoms with van der Waals surface area (Å²) in [5, 5.41) is 10.1. The third kappa shape index (κ3) is 2.81. The molecule has 1 atom stereocenters. The van der Waals surface area contributed by atoms with E-state index in [1.54, 1.807) is 4.90 Å². The molecule has 0 aromatic heterocycles. The van der Waals surface area contributed by atoms with Gasteiger partial charge in [-0.2, -0.15) is 0 Å². The minimum atomic E-state index is -0.827. The second-order valence-corrected chi connectivity index (χ2v) is 8.56. The first-order chi connectivity index (χ1) is 11.3. The van der Waals surface area contributed by atoms with E-state index in [0.29, 0.717) is 0 Å². The third-order valence-corrected chi connectivity index (χ3v) is 6.07. The molecule has 132 valence electrons. The van der Waals surface area contributed by atoms with Crippen molar-refractivity contribution in [1.29, 1.82) is 0 Å². The van der Waals surface area contributed by atoms with Crippen LogP contribution in [-0.4, -0.2) is 45.7 Å². The predicted octanol–water partition coefficient (Wildman–Crippen LogP) is 4.38. The van der Waals surface area contributed by atoms with Gasteiger partial charge in [-0.15, -0.1) is 0 Å². The number of amides is 1. The molecule has 1 unspecified atom stereocenters. The lowest BCUT2D eigenvalue weighted by atomic mass is 9.65. The Hall–Kier alpha value is -1.55. The van der Waals surface area contributed by atoms with Crippen LogP contribution in [0.5, 0.6) is 0 Å². The summed E-state index contributed by atoms with van der Waals surface area (Å²) in [4.78, 5) is 16.4. The van der Waals surface area contributed by atoms with Crippen molar-refractivity contribution in [3.8, 4) is 0 Å². The standard InChI is InChI=1S/C20H30N2O2/c1-19(2,3)22(18(23)24)17(16-8-6-5-7-9-16)20-12-10-15(11-13-20)14-21(20)4/h5-9,15,17H,10-14H2,1-4H3,(H,23,24). The molecular weight excluding hydrogens is 300 g/mol. The van der Waals surface area contributed by atoms with Crippen LogP contribution >= 0.6 is 0 Å². The fraction of sp³-hybridized carbons (Fsp3) is 0.650. The number of nitrogens with zero attached hydrogens (tertiary/aromatic N) is 2. The fourth-order valence-corrected chi connectivity index (χ4v) is 4.91. The maximum absolute atomic E-state index is 12.3. The van der Waals surface area contributed by atoms with Gasteiger partial charge >= 0.3 is 6.09 Å². The molecule has 3 aliphatic rings. The minimum Gasteiger partial charge on any atom is -0.465 e. The second kappa shape index (κ2) is 6.07. The molecule has 1 saturated carbocycles. The summed E-state index contributed by atoms with van der Waals surface area (Å²) < 4.78 is 0. The fourth-order valence-electron chi connectivity index (χ4n) is 4.91. The van der Waals surface area contributed by atoms with E-state index in [-0.39, 0.29) is 11.6 Å². The Labute approximate surface area is 145 Å². The highest BCUT2D eigenvalue weighted by Crippen LogP contribution is 2.52. The van der Waals surface area contributed by atoms with Crippen LogP contribution in [0.3, 0.4) is 0 Å². The molecule has 1 N–H and O–H groups in total. The van der Waals surface area contributed by atoms with E-state index < -0.39 is 11.6 Å². The average molecular weight is 330 g/mol. The normalized spacial score (nSPS) is 28.6.